The topological polar surface area (TPSA) is 105 Å². The molecule has 0 rings (SSSR count). The summed E-state index contributed by atoms with van der Waals surface area (Å²) in [6.07, 6.45) is 35.8. The molecule has 0 spiro atoms. The number of nitrogens with zero attached hydrogens (tertiary/aromatic N) is 1. The third-order valence-corrected chi connectivity index (χ3v) is 10.8. The molecule has 0 fully saturated rings. The van der Waals surface area contributed by atoms with Crippen LogP contribution in [0.2, 0.25) is 0 Å². The fraction of sp³-hybridized carbons (Fsp3) is 0.976. The molecular formula is C41H86N2O6P+. The number of rotatable bonds is 39. The predicted molar refractivity (Wildman–Crippen MR) is 212 cm³/mol. The minimum atomic E-state index is -4.30. The Labute approximate surface area is 310 Å². The Morgan fingerprint density at radius 1 is 0.600 bits per heavy atom. The number of likely N-dealkylation sites (N-methyl/N-ethyl adjacent to an activating group) is 1. The van der Waals surface area contributed by atoms with Gasteiger partial charge in [0.05, 0.1) is 39.9 Å². The second kappa shape index (κ2) is 34.3. The maximum Gasteiger partial charge on any atom is 0.472 e. The Morgan fingerprint density at radius 2 is 0.960 bits per heavy atom. The van der Waals surface area contributed by atoms with Crippen LogP contribution >= 0.6 is 7.82 Å². The zero-order chi connectivity index (χ0) is 37.2. The molecule has 3 N–H and O–H groups in total. The molecule has 0 aliphatic carbocycles. The highest BCUT2D eigenvalue weighted by atomic mass is 31.2. The molecule has 300 valence electrons. The Bertz CT molecular complexity index is 794. The Hall–Kier alpha value is -0.500. The quantitative estimate of drug-likeness (QED) is 0.0330. The first-order valence-electron chi connectivity index (χ1n) is 21.4. The first-order valence-corrected chi connectivity index (χ1v) is 22.9. The van der Waals surface area contributed by atoms with E-state index in [1.54, 1.807) is 0 Å². The van der Waals surface area contributed by atoms with Gasteiger partial charge in [0.2, 0.25) is 5.91 Å². The van der Waals surface area contributed by atoms with Crippen molar-refractivity contribution < 1.29 is 32.9 Å². The van der Waals surface area contributed by atoms with Crippen LogP contribution in [-0.4, -0.2) is 73.4 Å². The summed E-state index contributed by atoms with van der Waals surface area (Å²) in [6, 6.07) is -0.750. The van der Waals surface area contributed by atoms with Gasteiger partial charge in [-0.25, -0.2) is 4.57 Å². The van der Waals surface area contributed by atoms with Gasteiger partial charge in [-0.05, 0) is 12.8 Å². The number of carbonyl (C=O) groups excluding carboxylic acids is 1. The number of aliphatic hydroxyl groups excluding tert-OH is 1. The third-order valence-electron chi connectivity index (χ3n) is 9.86. The number of phosphoric ester groups is 1. The molecule has 0 aromatic rings. The summed E-state index contributed by atoms with van der Waals surface area (Å²) in [5.41, 5.74) is 0. The van der Waals surface area contributed by atoms with E-state index >= 15 is 0 Å². The molecule has 3 unspecified atom stereocenters. The molecule has 0 heterocycles. The monoisotopic (exact) mass is 734 g/mol. The van der Waals surface area contributed by atoms with E-state index in [4.69, 9.17) is 9.05 Å². The van der Waals surface area contributed by atoms with E-state index in [0.717, 1.165) is 38.5 Å². The van der Waals surface area contributed by atoms with Gasteiger partial charge in [-0.2, -0.15) is 0 Å². The number of quaternary nitrogens is 1. The van der Waals surface area contributed by atoms with Crippen molar-refractivity contribution in [3.63, 3.8) is 0 Å². The highest BCUT2D eigenvalue weighted by Crippen LogP contribution is 2.43. The van der Waals surface area contributed by atoms with E-state index in [9.17, 15) is 19.4 Å². The molecule has 0 radical (unpaired) electrons. The molecule has 0 aromatic carbocycles. The molecule has 3 atom stereocenters. The van der Waals surface area contributed by atoms with Gasteiger partial charge in [-0.1, -0.05) is 187 Å². The first kappa shape index (κ1) is 49.5. The molecule has 9 heteroatoms. The van der Waals surface area contributed by atoms with Crippen LogP contribution in [-0.2, 0) is 18.4 Å². The molecule has 0 aromatic heterocycles. The normalized spacial score (nSPS) is 14.5. The van der Waals surface area contributed by atoms with E-state index in [2.05, 4.69) is 19.2 Å². The van der Waals surface area contributed by atoms with Gasteiger partial charge < -0.3 is 19.8 Å². The Kier molecular flexibility index (Phi) is 33.9. The molecule has 1 amide bonds. The SMILES string of the molecule is CCCCCCCCCCCCCCCCCCCCCCCC(O)C(COP(=O)(O)OCC[N+](C)(C)C)NC(=O)CCCCCCCCC. The van der Waals surface area contributed by atoms with Gasteiger partial charge in [-0.3, -0.25) is 13.8 Å². The highest BCUT2D eigenvalue weighted by molar-refractivity contribution is 7.47. The average molecular weight is 734 g/mol. The summed E-state index contributed by atoms with van der Waals surface area (Å²) in [5, 5.41) is 13.9. The maximum atomic E-state index is 12.7. The van der Waals surface area contributed by atoms with E-state index in [1.165, 1.54) is 141 Å². The molecule has 0 aliphatic rings. The average Bonchev–Trinajstić information content (AvgIpc) is 3.06. The lowest BCUT2D eigenvalue weighted by Crippen LogP contribution is -2.46. The number of nitrogens with one attached hydrogen (secondary N) is 1. The zero-order valence-electron chi connectivity index (χ0n) is 33.9. The van der Waals surface area contributed by atoms with Crippen molar-refractivity contribution in [3.05, 3.63) is 0 Å². The predicted octanol–water partition coefficient (Wildman–Crippen LogP) is 11.4. The van der Waals surface area contributed by atoms with Crippen LogP contribution in [0.25, 0.3) is 0 Å². The minimum Gasteiger partial charge on any atom is -0.391 e. The fourth-order valence-electron chi connectivity index (χ4n) is 6.40. The zero-order valence-corrected chi connectivity index (χ0v) is 34.8. The lowest BCUT2D eigenvalue weighted by molar-refractivity contribution is -0.870. The van der Waals surface area contributed by atoms with Crippen LogP contribution in [0.3, 0.4) is 0 Å². The van der Waals surface area contributed by atoms with Gasteiger partial charge in [0.1, 0.15) is 13.2 Å². The minimum absolute atomic E-state index is 0.0779. The summed E-state index contributed by atoms with van der Waals surface area (Å²) in [7, 11) is 1.62. The van der Waals surface area contributed by atoms with Gasteiger partial charge in [0, 0.05) is 6.42 Å². The molecular weight excluding hydrogens is 647 g/mol. The summed E-state index contributed by atoms with van der Waals surface area (Å²) in [5.74, 6) is -0.149. The van der Waals surface area contributed by atoms with E-state index < -0.39 is 20.0 Å². The molecule has 50 heavy (non-hydrogen) atoms. The maximum absolute atomic E-state index is 12.7. The molecule has 0 saturated carbocycles. The van der Waals surface area contributed by atoms with Crippen molar-refractivity contribution in [2.45, 2.75) is 219 Å². The second-order valence-electron chi connectivity index (χ2n) is 16.1. The lowest BCUT2D eigenvalue weighted by atomic mass is 10.0. The van der Waals surface area contributed by atoms with E-state index in [1.807, 2.05) is 21.1 Å². The van der Waals surface area contributed by atoms with Crippen molar-refractivity contribution in [2.75, 3.05) is 40.9 Å². The van der Waals surface area contributed by atoms with Crippen LogP contribution < -0.4 is 5.32 Å². The highest BCUT2D eigenvalue weighted by Gasteiger charge is 2.28. The van der Waals surface area contributed by atoms with Gasteiger partial charge in [0.25, 0.3) is 0 Å². The number of aliphatic hydroxyl groups is 1. The van der Waals surface area contributed by atoms with Crippen molar-refractivity contribution in [3.8, 4) is 0 Å². The van der Waals surface area contributed by atoms with E-state index in [-0.39, 0.29) is 19.1 Å². The standard InChI is InChI=1S/C41H85N2O6P/c1-6-8-10-12-14-15-16-17-18-19-20-21-22-23-24-25-26-27-29-30-32-34-40(44)39(38-49-50(46,47)48-37-36-43(3,4)5)42-41(45)35-33-31-28-13-11-9-7-2/h39-40,44H,6-38H2,1-5H3,(H-,42,45,46,47)/p+1. The Morgan fingerprint density at radius 3 is 1.34 bits per heavy atom. The van der Waals surface area contributed by atoms with Gasteiger partial charge in [0.15, 0.2) is 0 Å². The molecule has 0 aliphatic heterocycles. The molecule has 0 saturated heterocycles. The number of phosphoric acid groups is 1. The van der Waals surface area contributed by atoms with Gasteiger partial charge >= 0.3 is 7.82 Å². The van der Waals surface area contributed by atoms with Crippen LogP contribution in [0.5, 0.6) is 0 Å². The van der Waals surface area contributed by atoms with E-state index in [0.29, 0.717) is 23.9 Å². The Balaban J connectivity index is 4.16. The molecule has 8 nitrogen and oxygen atoms in total. The number of unbranched alkanes of at least 4 members (excludes halogenated alkanes) is 26. The van der Waals surface area contributed by atoms with Crippen LogP contribution in [0.4, 0.5) is 0 Å². The second-order valence-corrected chi connectivity index (χ2v) is 17.5. The summed E-state index contributed by atoms with van der Waals surface area (Å²) >= 11 is 0. The third kappa shape index (κ3) is 35.9. The smallest absolute Gasteiger partial charge is 0.391 e. The van der Waals surface area contributed by atoms with Crippen molar-refractivity contribution in [1.82, 2.24) is 5.32 Å². The largest absolute Gasteiger partial charge is 0.472 e. The van der Waals surface area contributed by atoms with Crippen LogP contribution in [0.15, 0.2) is 0 Å². The molecule has 0 bridgehead atoms. The summed E-state index contributed by atoms with van der Waals surface area (Å²) in [4.78, 5) is 22.9. The van der Waals surface area contributed by atoms with Crippen molar-refractivity contribution >= 4 is 13.7 Å². The fourth-order valence-corrected chi connectivity index (χ4v) is 7.13. The van der Waals surface area contributed by atoms with Crippen molar-refractivity contribution in [1.29, 1.82) is 0 Å². The lowest BCUT2D eigenvalue weighted by Gasteiger charge is -2.26. The van der Waals surface area contributed by atoms with Crippen molar-refractivity contribution in [2.24, 2.45) is 0 Å². The first-order chi connectivity index (χ1) is 24.0. The summed E-state index contributed by atoms with van der Waals surface area (Å²) < 4.78 is 23.5. The number of hydrogen-bond donors (Lipinski definition) is 3. The van der Waals surface area contributed by atoms with Crippen LogP contribution in [0, 0.1) is 0 Å². The van der Waals surface area contributed by atoms with Gasteiger partial charge in [-0.15, -0.1) is 0 Å². The number of carbonyl (C=O) groups is 1. The summed E-state index contributed by atoms with van der Waals surface area (Å²) in [6.45, 7) is 4.85. The number of hydrogen-bond acceptors (Lipinski definition) is 5. The number of amides is 1. The van der Waals surface area contributed by atoms with Crippen LogP contribution in [0.1, 0.15) is 206 Å².